The van der Waals surface area contributed by atoms with Crippen molar-refractivity contribution in [2.24, 2.45) is 0 Å². The van der Waals surface area contributed by atoms with Crippen LogP contribution in [0.25, 0.3) is 0 Å². The summed E-state index contributed by atoms with van der Waals surface area (Å²) in [7, 11) is 0. The van der Waals surface area contributed by atoms with Crippen LogP contribution in [0.4, 0.5) is 10.1 Å². The van der Waals surface area contributed by atoms with Crippen molar-refractivity contribution in [2.75, 3.05) is 0 Å². The van der Waals surface area contributed by atoms with Gasteiger partial charge in [0.25, 0.3) is 5.69 Å². The van der Waals surface area contributed by atoms with Crippen LogP contribution in [0.1, 0.15) is 15.9 Å². The second-order valence-electron chi connectivity index (χ2n) is 2.64. The van der Waals surface area contributed by atoms with Gasteiger partial charge in [-0.3, -0.25) is 10.1 Å². The van der Waals surface area contributed by atoms with Gasteiger partial charge in [-0.05, 0) is 13.0 Å². The second kappa shape index (κ2) is 3.41. The lowest BCUT2D eigenvalue weighted by atomic mass is 10.1. The number of nitro benzene ring substituents is 1. The molecule has 1 rings (SSSR count). The Balaban J connectivity index is 3.47. The van der Waals surface area contributed by atoms with Gasteiger partial charge in [0.1, 0.15) is 5.82 Å². The number of benzene rings is 1. The van der Waals surface area contributed by atoms with Gasteiger partial charge in [-0.2, -0.15) is 0 Å². The summed E-state index contributed by atoms with van der Waals surface area (Å²) in [5.74, 6) is -2.60. The third-order valence-corrected chi connectivity index (χ3v) is 1.76. The molecule has 0 fully saturated rings. The van der Waals surface area contributed by atoms with Crippen LogP contribution in [0.15, 0.2) is 12.1 Å². The number of carbonyl (C=O) groups excluding carboxylic acids is 1. The summed E-state index contributed by atoms with van der Waals surface area (Å²) < 4.78 is 12.7. The zero-order valence-corrected chi connectivity index (χ0v) is 7.11. The van der Waals surface area contributed by atoms with Crippen LogP contribution in [0.3, 0.4) is 0 Å². The molecule has 0 amide bonds. The highest BCUT2D eigenvalue weighted by Gasteiger charge is 2.16. The number of carboxylic acid groups (broad SMARTS) is 1. The van der Waals surface area contributed by atoms with Crippen molar-refractivity contribution in [1.29, 1.82) is 0 Å². The predicted octanol–water partition coefficient (Wildman–Crippen LogP) is 0.406. The molecule has 0 N–H and O–H groups in total. The van der Waals surface area contributed by atoms with E-state index >= 15 is 0 Å². The van der Waals surface area contributed by atoms with Crippen molar-refractivity contribution < 1.29 is 19.2 Å². The Labute approximate surface area is 77.9 Å². The molecule has 5 nitrogen and oxygen atoms in total. The van der Waals surface area contributed by atoms with Crippen LogP contribution in [0, 0.1) is 22.9 Å². The monoisotopic (exact) mass is 198 g/mol. The van der Waals surface area contributed by atoms with Crippen molar-refractivity contribution in [1.82, 2.24) is 0 Å². The van der Waals surface area contributed by atoms with Gasteiger partial charge in [0, 0.05) is 11.1 Å². The highest BCUT2D eigenvalue weighted by molar-refractivity contribution is 5.88. The molecule has 0 heterocycles. The van der Waals surface area contributed by atoms with Crippen LogP contribution < -0.4 is 5.11 Å². The Morgan fingerprint density at radius 1 is 1.50 bits per heavy atom. The summed E-state index contributed by atoms with van der Waals surface area (Å²) in [4.78, 5) is 20.0. The lowest BCUT2D eigenvalue weighted by Gasteiger charge is -2.06. The maximum Gasteiger partial charge on any atom is 0.275 e. The minimum atomic E-state index is -1.63. The molecule has 0 atom stereocenters. The lowest BCUT2D eigenvalue weighted by Crippen LogP contribution is -2.23. The number of nitro groups is 1. The molecule has 0 aromatic heterocycles. The van der Waals surface area contributed by atoms with E-state index in [9.17, 15) is 24.4 Å². The van der Waals surface area contributed by atoms with Crippen molar-refractivity contribution in [3.63, 3.8) is 0 Å². The number of hydrogen-bond acceptors (Lipinski definition) is 4. The fourth-order valence-electron chi connectivity index (χ4n) is 1.07. The van der Waals surface area contributed by atoms with Gasteiger partial charge in [-0.15, -0.1) is 0 Å². The van der Waals surface area contributed by atoms with Crippen LogP contribution in [-0.2, 0) is 0 Å². The molecule has 0 aliphatic carbocycles. The molecule has 0 radical (unpaired) electrons. The summed E-state index contributed by atoms with van der Waals surface area (Å²) in [5, 5.41) is 20.8. The second-order valence-corrected chi connectivity index (χ2v) is 2.64. The van der Waals surface area contributed by atoms with Crippen molar-refractivity contribution in [3.05, 3.63) is 39.2 Å². The molecule has 74 valence electrons. The summed E-state index contributed by atoms with van der Waals surface area (Å²) >= 11 is 0. The molecule has 0 spiro atoms. The molecule has 1 aromatic carbocycles. The molecule has 0 aliphatic heterocycles. The number of hydrogen-bond donors (Lipinski definition) is 0. The van der Waals surface area contributed by atoms with Gasteiger partial charge in [-0.25, -0.2) is 4.39 Å². The van der Waals surface area contributed by atoms with E-state index in [1.165, 1.54) is 6.92 Å². The minimum Gasteiger partial charge on any atom is -0.545 e. The first kappa shape index (κ1) is 10.1. The SMILES string of the molecule is Cc1c(C(=O)[O-])cc(F)cc1[N+](=O)[O-]. The van der Waals surface area contributed by atoms with Gasteiger partial charge in [0.2, 0.25) is 0 Å². The van der Waals surface area contributed by atoms with E-state index in [1.807, 2.05) is 0 Å². The number of halogens is 1. The van der Waals surface area contributed by atoms with Gasteiger partial charge in [-0.1, -0.05) is 0 Å². The number of nitrogens with zero attached hydrogens (tertiary/aromatic N) is 1. The van der Waals surface area contributed by atoms with E-state index < -0.39 is 28.0 Å². The molecule has 14 heavy (non-hydrogen) atoms. The van der Waals surface area contributed by atoms with Crippen molar-refractivity contribution >= 4 is 11.7 Å². The maximum atomic E-state index is 12.7. The summed E-state index contributed by atoms with van der Waals surface area (Å²) in [6, 6.07) is 1.36. The Morgan fingerprint density at radius 3 is 2.50 bits per heavy atom. The first-order valence-electron chi connectivity index (χ1n) is 3.59. The summed E-state index contributed by atoms with van der Waals surface area (Å²) in [5.41, 5.74) is -1.18. The molecule has 0 aliphatic rings. The maximum absolute atomic E-state index is 12.7. The topological polar surface area (TPSA) is 83.3 Å². The largest absolute Gasteiger partial charge is 0.545 e. The minimum absolute atomic E-state index is 0.114. The zero-order chi connectivity index (χ0) is 10.9. The van der Waals surface area contributed by atoms with Gasteiger partial charge < -0.3 is 9.90 Å². The standard InChI is InChI=1S/C8H6FNO4/c1-4-6(8(11)12)2-5(9)3-7(4)10(13)14/h2-3H,1H3,(H,11,12)/p-1. The molecule has 0 unspecified atom stereocenters. The third kappa shape index (κ3) is 1.68. The van der Waals surface area contributed by atoms with Crippen LogP contribution in [-0.4, -0.2) is 10.9 Å². The first-order chi connectivity index (χ1) is 6.43. The Hall–Kier alpha value is -1.98. The Morgan fingerprint density at radius 2 is 2.07 bits per heavy atom. The van der Waals surface area contributed by atoms with Crippen molar-refractivity contribution in [2.45, 2.75) is 6.92 Å². The quantitative estimate of drug-likeness (QED) is 0.508. The Bertz CT molecular complexity index is 381. The molecule has 0 bridgehead atoms. The normalized spacial score (nSPS) is 9.86. The van der Waals surface area contributed by atoms with E-state index in [4.69, 9.17) is 0 Å². The fourth-order valence-corrected chi connectivity index (χ4v) is 1.07. The predicted molar refractivity (Wildman–Crippen MR) is 42.1 cm³/mol. The van der Waals surface area contributed by atoms with E-state index in [1.54, 1.807) is 0 Å². The highest BCUT2D eigenvalue weighted by atomic mass is 19.1. The average Bonchev–Trinajstić information content (AvgIpc) is 2.07. The zero-order valence-electron chi connectivity index (χ0n) is 7.11. The first-order valence-corrected chi connectivity index (χ1v) is 3.59. The van der Waals surface area contributed by atoms with E-state index in [0.717, 1.165) is 0 Å². The van der Waals surface area contributed by atoms with Crippen LogP contribution >= 0.6 is 0 Å². The third-order valence-electron chi connectivity index (χ3n) is 1.76. The van der Waals surface area contributed by atoms with Crippen molar-refractivity contribution in [3.8, 4) is 0 Å². The van der Waals surface area contributed by atoms with E-state index in [2.05, 4.69) is 0 Å². The van der Waals surface area contributed by atoms with Crippen LogP contribution in [0.2, 0.25) is 0 Å². The molecular formula is C8H5FNO4-. The van der Waals surface area contributed by atoms with Gasteiger partial charge in [0.05, 0.1) is 17.0 Å². The fraction of sp³-hybridized carbons (Fsp3) is 0.125. The van der Waals surface area contributed by atoms with E-state index in [-0.39, 0.29) is 5.56 Å². The lowest BCUT2D eigenvalue weighted by molar-refractivity contribution is -0.385. The number of carboxylic acids is 1. The van der Waals surface area contributed by atoms with Gasteiger partial charge >= 0.3 is 0 Å². The van der Waals surface area contributed by atoms with Crippen LogP contribution in [0.5, 0.6) is 0 Å². The summed E-state index contributed by atoms with van der Waals surface area (Å²) in [6.45, 7) is 1.22. The highest BCUT2D eigenvalue weighted by Crippen LogP contribution is 2.22. The number of aromatic carboxylic acids is 1. The number of carbonyl (C=O) groups is 1. The Kier molecular flexibility index (Phi) is 2.46. The molecule has 0 saturated heterocycles. The molecule has 0 saturated carbocycles. The molecule has 6 heteroatoms. The summed E-state index contributed by atoms with van der Waals surface area (Å²) in [6.07, 6.45) is 0. The molecular weight excluding hydrogens is 193 g/mol. The number of rotatable bonds is 2. The van der Waals surface area contributed by atoms with E-state index in [0.29, 0.717) is 12.1 Å². The smallest absolute Gasteiger partial charge is 0.275 e. The van der Waals surface area contributed by atoms with Gasteiger partial charge in [0.15, 0.2) is 0 Å². The molecule has 1 aromatic rings. The average molecular weight is 198 g/mol.